The summed E-state index contributed by atoms with van der Waals surface area (Å²) in [5, 5.41) is 6.68. The van der Waals surface area contributed by atoms with Crippen molar-refractivity contribution in [3.05, 3.63) is 35.1 Å². The molecule has 82 valence electrons. The SMILES string of the molecule is NCc1cc(C2CNCCN2)ccc1F. The van der Waals surface area contributed by atoms with Gasteiger partial charge >= 0.3 is 0 Å². The Hall–Kier alpha value is -0.970. The van der Waals surface area contributed by atoms with Crippen LogP contribution < -0.4 is 16.4 Å². The zero-order chi connectivity index (χ0) is 10.7. The third kappa shape index (κ3) is 2.34. The summed E-state index contributed by atoms with van der Waals surface area (Å²) in [6, 6.07) is 5.43. The van der Waals surface area contributed by atoms with E-state index >= 15 is 0 Å². The molecule has 0 aliphatic carbocycles. The summed E-state index contributed by atoms with van der Waals surface area (Å²) < 4.78 is 13.2. The van der Waals surface area contributed by atoms with E-state index in [-0.39, 0.29) is 18.4 Å². The monoisotopic (exact) mass is 209 g/mol. The lowest BCUT2D eigenvalue weighted by molar-refractivity contribution is 0.429. The Balaban J connectivity index is 2.20. The quantitative estimate of drug-likeness (QED) is 0.665. The summed E-state index contributed by atoms with van der Waals surface area (Å²) >= 11 is 0. The van der Waals surface area contributed by atoms with Gasteiger partial charge in [-0.1, -0.05) is 6.07 Å². The van der Waals surface area contributed by atoms with Crippen molar-refractivity contribution in [2.45, 2.75) is 12.6 Å². The molecule has 1 atom stereocenters. The lowest BCUT2D eigenvalue weighted by Gasteiger charge is -2.25. The van der Waals surface area contributed by atoms with Gasteiger partial charge in [-0.2, -0.15) is 0 Å². The number of piperazine rings is 1. The first-order valence-electron chi connectivity index (χ1n) is 5.24. The fourth-order valence-corrected chi connectivity index (χ4v) is 1.86. The predicted octanol–water partition coefficient (Wildman–Crippen LogP) is 0.518. The highest BCUT2D eigenvalue weighted by molar-refractivity contribution is 5.28. The van der Waals surface area contributed by atoms with Crippen LogP contribution >= 0.6 is 0 Å². The van der Waals surface area contributed by atoms with Gasteiger partial charge in [0, 0.05) is 37.8 Å². The summed E-state index contributed by atoms with van der Waals surface area (Å²) in [5.41, 5.74) is 7.16. The Bertz CT molecular complexity index is 335. The maximum absolute atomic E-state index is 13.2. The Morgan fingerprint density at radius 3 is 2.93 bits per heavy atom. The molecule has 4 N–H and O–H groups in total. The number of hydrogen-bond donors (Lipinski definition) is 3. The largest absolute Gasteiger partial charge is 0.326 e. The Morgan fingerprint density at radius 2 is 2.27 bits per heavy atom. The van der Waals surface area contributed by atoms with E-state index in [1.54, 1.807) is 0 Å². The van der Waals surface area contributed by atoms with Crippen molar-refractivity contribution in [2.75, 3.05) is 19.6 Å². The second kappa shape index (κ2) is 4.70. The summed E-state index contributed by atoms with van der Waals surface area (Å²) in [5.74, 6) is -0.218. The van der Waals surface area contributed by atoms with Crippen LogP contribution in [0.3, 0.4) is 0 Å². The molecule has 1 aromatic rings. The predicted molar refractivity (Wildman–Crippen MR) is 57.9 cm³/mol. The molecule has 2 rings (SSSR count). The van der Waals surface area contributed by atoms with E-state index in [1.165, 1.54) is 6.07 Å². The maximum Gasteiger partial charge on any atom is 0.127 e. The minimum Gasteiger partial charge on any atom is -0.326 e. The fourth-order valence-electron chi connectivity index (χ4n) is 1.86. The molecule has 0 amide bonds. The van der Waals surface area contributed by atoms with Crippen molar-refractivity contribution in [3.63, 3.8) is 0 Å². The highest BCUT2D eigenvalue weighted by atomic mass is 19.1. The van der Waals surface area contributed by atoms with E-state index in [9.17, 15) is 4.39 Å². The van der Waals surface area contributed by atoms with Gasteiger partial charge in [0.1, 0.15) is 5.82 Å². The van der Waals surface area contributed by atoms with E-state index in [0.717, 1.165) is 25.2 Å². The van der Waals surface area contributed by atoms with E-state index in [2.05, 4.69) is 10.6 Å². The number of halogens is 1. The van der Waals surface area contributed by atoms with Gasteiger partial charge in [0.2, 0.25) is 0 Å². The maximum atomic E-state index is 13.2. The van der Waals surface area contributed by atoms with Crippen LogP contribution in [-0.4, -0.2) is 19.6 Å². The average Bonchev–Trinajstić information content (AvgIpc) is 2.31. The molecule has 1 saturated heterocycles. The molecule has 0 radical (unpaired) electrons. The van der Waals surface area contributed by atoms with Crippen LogP contribution in [0.1, 0.15) is 17.2 Å². The molecule has 3 nitrogen and oxygen atoms in total. The Labute approximate surface area is 88.9 Å². The van der Waals surface area contributed by atoms with Crippen molar-refractivity contribution in [3.8, 4) is 0 Å². The first-order chi connectivity index (χ1) is 7.31. The highest BCUT2D eigenvalue weighted by Crippen LogP contribution is 2.17. The van der Waals surface area contributed by atoms with Gasteiger partial charge in [-0.15, -0.1) is 0 Å². The minimum absolute atomic E-state index is 0.218. The molecule has 1 aromatic carbocycles. The third-order valence-corrected chi connectivity index (χ3v) is 2.73. The standard InChI is InChI=1S/C11H16FN3/c12-10-2-1-8(5-9(10)6-13)11-7-14-3-4-15-11/h1-2,5,11,14-15H,3-4,6-7,13H2. The smallest absolute Gasteiger partial charge is 0.127 e. The molecule has 1 unspecified atom stereocenters. The highest BCUT2D eigenvalue weighted by Gasteiger charge is 2.15. The lowest BCUT2D eigenvalue weighted by Crippen LogP contribution is -2.42. The summed E-state index contributed by atoms with van der Waals surface area (Å²) in [4.78, 5) is 0. The van der Waals surface area contributed by atoms with E-state index in [1.807, 2.05) is 12.1 Å². The van der Waals surface area contributed by atoms with Crippen LogP contribution in [-0.2, 0) is 6.54 Å². The van der Waals surface area contributed by atoms with E-state index < -0.39 is 0 Å². The number of nitrogens with one attached hydrogen (secondary N) is 2. The van der Waals surface area contributed by atoms with E-state index in [0.29, 0.717) is 5.56 Å². The summed E-state index contributed by atoms with van der Waals surface area (Å²) in [7, 11) is 0. The molecule has 0 spiro atoms. The van der Waals surface area contributed by atoms with Crippen molar-refractivity contribution in [1.82, 2.24) is 10.6 Å². The van der Waals surface area contributed by atoms with Gasteiger partial charge in [0.05, 0.1) is 0 Å². The number of rotatable bonds is 2. The molecule has 1 aliphatic heterocycles. The average molecular weight is 209 g/mol. The molecular formula is C11H16FN3. The molecule has 0 saturated carbocycles. The van der Waals surface area contributed by atoms with Crippen molar-refractivity contribution >= 4 is 0 Å². The van der Waals surface area contributed by atoms with Crippen molar-refractivity contribution in [1.29, 1.82) is 0 Å². The second-order valence-corrected chi connectivity index (χ2v) is 3.77. The van der Waals surface area contributed by atoms with Gasteiger partial charge in [0.25, 0.3) is 0 Å². The van der Waals surface area contributed by atoms with Gasteiger partial charge in [0.15, 0.2) is 0 Å². The second-order valence-electron chi connectivity index (χ2n) is 3.77. The molecule has 1 fully saturated rings. The molecule has 1 aliphatic rings. The lowest BCUT2D eigenvalue weighted by atomic mass is 10.0. The molecule has 0 aromatic heterocycles. The first-order valence-corrected chi connectivity index (χ1v) is 5.24. The number of nitrogens with two attached hydrogens (primary N) is 1. The first kappa shape index (κ1) is 10.5. The zero-order valence-electron chi connectivity index (χ0n) is 8.59. The fraction of sp³-hybridized carbons (Fsp3) is 0.455. The number of benzene rings is 1. The number of hydrogen-bond acceptors (Lipinski definition) is 3. The third-order valence-electron chi connectivity index (χ3n) is 2.73. The van der Waals surface area contributed by atoms with Crippen LogP contribution in [0.4, 0.5) is 4.39 Å². The van der Waals surface area contributed by atoms with E-state index in [4.69, 9.17) is 5.73 Å². The molecular weight excluding hydrogens is 193 g/mol. The van der Waals surface area contributed by atoms with Crippen LogP contribution in [0, 0.1) is 5.82 Å². The topological polar surface area (TPSA) is 50.1 Å². The van der Waals surface area contributed by atoms with Crippen molar-refractivity contribution < 1.29 is 4.39 Å². The minimum atomic E-state index is -0.218. The van der Waals surface area contributed by atoms with Gasteiger partial charge in [-0.05, 0) is 17.7 Å². The summed E-state index contributed by atoms with van der Waals surface area (Å²) in [6.45, 7) is 3.07. The normalized spacial score (nSPS) is 21.6. The van der Waals surface area contributed by atoms with Gasteiger partial charge in [-0.3, -0.25) is 0 Å². The van der Waals surface area contributed by atoms with Crippen LogP contribution in [0.5, 0.6) is 0 Å². The van der Waals surface area contributed by atoms with Crippen LogP contribution in [0.25, 0.3) is 0 Å². The molecule has 1 heterocycles. The Kier molecular flexibility index (Phi) is 3.30. The zero-order valence-corrected chi connectivity index (χ0v) is 8.59. The van der Waals surface area contributed by atoms with Crippen LogP contribution in [0.2, 0.25) is 0 Å². The molecule has 4 heteroatoms. The van der Waals surface area contributed by atoms with Crippen LogP contribution in [0.15, 0.2) is 18.2 Å². The molecule has 0 bridgehead atoms. The van der Waals surface area contributed by atoms with Gasteiger partial charge < -0.3 is 16.4 Å². The summed E-state index contributed by atoms with van der Waals surface area (Å²) in [6.07, 6.45) is 0. The van der Waals surface area contributed by atoms with Crippen molar-refractivity contribution in [2.24, 2.45) is 5.73 Å². The Morgan fingerprint density at radius 1 is 1.40 bits per heavy atom. The van der Waals surface area contributed by atoms with Gasteiger partial charge in [-0.25, -0.2) is 4.39 Å². The molecule has 15 heavy (non-hydrogen) atoms.